The third-order valence-corrected chi connectivity index (χ3v) is 1.90. The summed E-state index contributed by atoms with van der Waals surface area (Å²) in [5.74, 6) is 0. The summed E-state index contributed by atoms with van der Waals surface area (Å²) in [7, 11) is 2.10. The zero-order valence-electron chi connectivity index (χ0n) is 6.04. The van der Waals surface area contributed by atoms with E-state index in [0.717, 1.165) is 18.8 Å². The van der Waals surface area contributed by atoms with Gasteiger partial charge in [0.25, 0.3) is 0 Å². The van der Waals surface area contributed by atoms with Crippen molar-refractivity contribution in [2.45, 2.75) is 0 Å². The highest BCUT2D eigenvalue weighted by molar-refractivity contribution is 6.10. The van der Waals surface area contributed by atoms with E-state index in [1.54, 1.807) is 0 Å². The fourth-order valence-corrected chi connectivity index (χ4v) is 1.30. The molecule has 0 aromatic rings. The summed E-state index contributed by atoms with van der Waals surface area (Å²) in [6.45, 7) is 1.99. The van der Waals surface area contributed by atoms with E-state index in [4.69, 9.17) is 0 Å². The average molecular weight is 134 g/mol. The van der Waals surface area contributed by atoms with E-state index in [9.17, 15) is 0 Å². The Bertz CT molecular complexity index is 236. The normalized spacial score (nSPS) is 22.3. The predicted octanol–water partition coefficient (Wildman–Crippen LogP) is 0.827. The second-order valence-electron chi connectivity index (χ2n) is 2.60. The molecule has 0 amide bonds. The molecule has 0 bridgehead atoms. The van der Waals surface area contributed by atoms with E-state index >= 15 is 0 Å². The van der Waals surface area contributed by atoms with Gasteiger partial charge in [-0.05, 0) is 12.2 Å². The molecule has 2 rings (SSSR count). The highest BCUT2D eigenvalue weighted by Gasteiger charge is 2.15. The molecular formula is C8H10N2. The Morgan fingerprint density at radius 3 is 3.30 bits per heavy atom. The molecule has 0 saturated heterocycles. The van der Waals surface area contributed by atoms with E-state index < -0.39 is 0 Å². The zero-order chi connectivity index (χ0) is 6.97. The smallest absolute Gasteiger partial charge is 0.0808 e. The molecule has 0 radical (unpaired) electrons. The summed E-state index contributed by atoms with van der Waals surface area (Å²) in [6, 6.07) is 0. The van der Waals surface area contributed by atoms with Gasteiger partial charge in [0.05, 0.1) is 18.0 Å². The van der Waals surface area contributed by atoms with Crippen LogP contribution >= 0.6 is 0 Å². The molecule has 0 fully saturated rings. The largest absolute Gasteiger partial charge is 0.371 e. The van der Waals surface area contributed by atoms with Crippen LogP contribution in [0.25, 0.3) is 0 Å². The Morgan fingerprint density at radius 1 is 1.60 bits per heavy atom. The minimum atomic E-state index is 0.938. The molecule has 0 atom stereocenters. The van der Waals surface area contributed by atoms with E-state index in [2.05, 4.69) is 35.2 Å². The first kappa shape index (κ1) is 5.71. The molecule has 0 unspecified atom stereocenters. The van der Waals surface area contributed by atoms with Gasteiger partial charge in [-0.3, -0.25) is 4.99 Å². The monoisotopic (exact) mass is 134 g/mol. The van der Waals surface area contributed by atoms with Gasteiger partial charge < -0.3 is 4.90 Å². The molecule has 2 aliphatic rings. The molecule has 1 aliphatic heterocycles. The van der Waals surface area contributed by atoms with Crippen LogP contribution in [0.3, 0.4) is 0 Å². The third kappa shape index (κ3) is 0.685. The van der Waals surface area contributed by atoms with Gasteiger partial charge in [0.2, 0.25) is 0 Å². The molecule has 2 heteroatoms. The van der Waals surface area contributed by atoms with Crippen molar-refractivity contribution in [3.63, 3.8) is 0 Å². The maximum absolute atomic E-state index is 4.36. The minimum Gasteiger partial charge on any atom is -0.371 e. The first-order valence-corrected chi connectivity index (χ1v) is 3.52. The van der Waals surface area contributed by atoms with Crippen molar-refractivity contribution < 1.29 is 0 Å². The van der Waals surface area contributed by atoms with Crippen LogP contribution in [0.1, 0.15) is 0 Å². The van der Waals surface area contributed by atoms with Crippen molar-refractivity contribution in [1.82, 2.24) is 4.90 Å². The topological polar surface area (TPSA) is 15.6 Å². The van der Waals surface area contributed by atoms with Crippen LogP contribution < -0.4 is 0 Å². The second kappa shape index (κ2) is 1.97. The molecule has 1 aliphatic carbocycles. The van der Waals surface area contributed by atoms with Gasteiger partial charge in [-0.2, -0.15) is 0 Å². The summed E-state index contributed by atoms with van der Waals surface area (Å²) < 4.78 is 0. The number of hydrogen-bond acceptors (Lipinski definition) is 2. The number of rotatable bonds is 0. The Morgan fingerprint density at radius 2 is 2.50 bits per heavy atom. The van der Waals surface area contributed by atoms with Gasteiger partial charge in [0, 0.05) is 13.6 Å². The minimum absolute atomic E-state index is 0.938. The van der Waals surface area contributed by atoms with Gasteiger partial charge in [-0.25, -0.2) is 0 Å². The van der Waals surface area contributed by atoms with Crippen LogP contribution in [0, 0.1) is 0 Å². The quantitative estimate of drug-likeness (QED) is 0.479. The van der Waals surface area contributed by atoms with Crippen molar-refractivity contribution in [2.24, 2.45) is 4.99 Å². The summed E-state index contributed by atoms with van der Waals surface area (Å²) in [6.07, 6.45) is 6.22. The van der Waals surface area contributed by atoms with Crippen molar-refractivity contribution in [2.75, 3.05) is 20.1 Å². The number of aliphatic imine (C=N–C) groups is 1. The number of likely N-dealkylation sites (N-methyl/N-ethyl adjacent to an activating group) is 1. The molecule has 1 heterocycles. The summed E-state index contributed by atoms with van der Waals surface area (Å²) in [5, 5.41) is 0. The van der Waals surface area contributed by atoms with Gasteiger partial charge in [-0.15, -0.1) is 0 Å². The van der Waals surface area contributed by atoms with Gasteiger partial charge in [0.15, 0.2) is 0 Å². The summed E-state index contributed by atoms with van der Waals surface area (Å²) >= 11 is 0. The lowest BCUT2D eigenvalue weighted by Gasteiger charge is -2.24. The summed E-state index contributed by atoms with van der Waals surface area (Å²) in [4.78, 5) is 6.60. The maximum Gasteiger partial charge on any atom is 0.0808 e. The zero-order valence-corrected chi connectivity index (χ0v) is 6.04. The van der Waals surface area contributed by atoms with Crippen LogP contribution in [0.4, 0.5) is 0 Å². The lowest BCUT2D eigenvalue weighted by Crippen LogP contribution is -2.28. The van der Waals surface area contributed by atoms with E-state index in [-0.39, 0.29) is 0 Å². The van der Waals surface area contributed by atoms with Crippen molar-refractivity contribution >= 4 is 5.71 Å². The van der Waals surface area contributed by atoms with E-state index in [1.165, 1.54) is 5.70 Å². The Labute approximate surface area is 60.6 Å². The number of hydrogen-bond donors (Lipinski definition) is 0. The highest BCUT2D eigenvalue weighted by atomic mass is 15.1. The molecular weight excluding hydrogens is 124 g/mol. The Balaban J connectivity index is 2.37. The molecule has 0 aromatic carbocycles. The fourth-order valence-electron chi connectivity index (χ4n) is 1.30. The van der Waals surface area contributed by atoms with Gasteiger partial charge >= 0.3 is 0 Å². The van der Waals surface area contributed by atoms with Crippen molar-refractivity contribution in [1.29, 1.82) is 0 Å². The second-order valence-corrected chi connectivity index (χ2v) is 2.60. The first-order chi connectivity index (χ1) is 4.88. The number of allylic oxidation sites excluding steroid dienone is 3. The Hall–Kier alpha value is -1.05. The van der Waals surface area contributed by atoms with Crippen LogP contribution in [0.2, 0.25) is 0 Å². The number of nitrogens with zero attached hydrogens (tertiary/aromatic N) is 2. The molecule has 10 heavy (non-hydrogen) atoms. The highest BCUT2D eigenvalue weighted by Crippen LogP contribution is 2.15. The predicted molar refractivity (Wildman–Crippen MR) is 42.2 cm³/mol. The third-order valence-electron chi connectivity index (χ3n) is 1.90. The summed E-state index contributed by atoms with van der Waals surface area (Å²) in [5.41, 5.74) is 2.42. The van der Waals surface area contributed by atoms with E-state index in [0.29, 0.717) is 0 Å². The molecule has 52 valence electrons. The lowest BCUT2D eigenvalue weighted by molar-refractivity contribution is 0.438. The molecule has 2 nitrogen and oxygen atoms in total. The van der Waals surface area contributed by atoms with Crippen LogP contribution in [0.5, 0.6) is 0 Å². The molecule has 0 saturated carbocycles. The molecule has 0 aromatic heterocycles. The Kier molecular flexibility index (Phi) is 1.13. The van der Waals surface area contributed by atoms with Crippen LogP contribution in [-0.4, -0.2) is 30.7 Å². The van der Waals surface area contributed by atoms with Crippen molar-refractivity contribution in [3.05, 3.63) is 23.9 Å². The SMILES string of the molecule is CN1CCN=C2C=CC=C21. The van der Waals surface area contributed by atoms with Crippen LogP contribution in [-0.2, 0) is 0 Å². The lowest BCUT2D eigenvalue weighted by atomic mass is 10.2. The van der Waals surface area contributed by atoms with E-state index in [1.807, 2.05) is 0 Å². The maximum atomic E-state index is 4.36. The first-order valence-electron chi connectivity index (χ1n) is 3.52. The fraction of sp³-hybridized carbons (Fsp3) is 0.375. The number of fused-ring (bicyclic) bond motifs is 1. The molecule has 0 spiro atoms. The standard InChI is InChI=1S/C8H10N2/c1-10-6-5-9-7-3-2-4-8(7)10/h2-4H,5-6H2,1H3. The molecule has 0 N–H and O–H groups in total. The average Bonchev–Trinajstić information content (AvgIpc) is 2.36. The van der Waals surface area contributed by atoms with Gasteiger partial charge in [-0.1, -0.05) is 6.08 Å². The van der Waals surface area contributed by atoms with Crippen LogP contribution in [0.15, 0.2) is 28.9 Å². The van der Waals surface area contributed by atoms with Gasteiger partial charge in [0.1, 0.15) is 0 Å². The van der Waals surface area contributed by atoms with Crippen molar-refractivity contribution in [3.8, 4) is 0 Å².